The van der Waals surface area contributed by atoms with Gasteiger partial charge in [0.1, 0.15) is 59.4 Å². The predicted molar refractivity (Wildman–Crippen MR) is 218 cm³/mol. The number of aromatic nitrogens is 6. The SMILES string of the molecule is Cc1cc(F)ccc1-c1nc(NCC(=O)OC(=O)CNc2nc(-c3ccc(F)cc3C)c3ccc(=O)n(-c4c(F)cccc4F)c3n2)nc2c1ccc(=O)n2-c1c(F)cccc1F. The maximum absolute atomic E-state index is 15.1. The van der Waals surface area contributed by atoms with Crippen LogP contribution in [0.15, 0.2) is 107 Å². The summed E-state index contributed by atoms with van der Waals surface area (Å²) in [5.41, 5.74) is -2.13. The van der Waals surface area contributed by atoms with Crippen LogP contribution in [0.4, 0.5) is 38.2 Å². The number of rotatable bonds is 10. The Labute approximate surface area is 350 Å². The number of carbonyl (C=O) groups is 2. The summed E-state index contributed by atoms with van der Waals surface area (Å²) >= 11 is 0. The number of fused-ring (bicyclic) bond motifs is 2. The van der Waals surface area contributed by atoms with E-state index in [4.69, 9.17) is 4.74 Å². The predicted octanol–water partition coefficient (Wildman–Crippen LogP) is 7.25. The van der Waals surface area contributed by atoms with Gasteiger partial charge in [0.05, 0.1) is 11.4 Å². The number of carbonyl (C=O) groups excluding carboxylic acids is 2. The van der Waals surface area contributed by atoms with Crippen molar-refractivity contribution in [1.29, 1.82) is 0 Å². The van der Waals surface area contributed by atoms with Gasteiger partial charge in [-0.25, -0.2) is 45.9 Å². The Bertz CT molecular complexity index is 3070. The minimum Gasteiger partial charge on any atom is -0.390 e. The van der Waals surface area contributed by atoms with Crippen molar-refractivity contribution in [1.82, 2.24) is 29.1 Å². The second-order valence-electron chi connectivity index (χ2n) is 13.9. The fourth-order valence-electron chi connectivity index (χ4n) is 6.92. The summed E-state index contributed by atoms with van der Waals surface area (Å²) in [6, 6.07) is 18.3. The Kier molecular flexibility index (Phi) is 11.0. The van der Waals surface area contributed by atoms with E-state index < -0.39 is 82.4 Å². The van der Waals surface area contributed by atoms with Gasteiger partial charge in [-0.1, -0.05) is 12.1 Å². The third-order valence-electron chi connectivity index (χ3n) is 9.72. The molecule has 8 aromatic rings. The van der Waals surface area contributed by atoms with E-state index in [-0.39, 0.29) is 45.4 Å². The quantitative estimate of drug-likeness (QED) is 0.0809. The molecular formula is C44H28F6N8O5. The van der Waals surface area contributed by atoms with E-state index in [1.165, 1.54) is 36.4 Å². The number of nitrogens with one attached hydrogen (secondary N) is 2. The summed E-state index contributed by atoms with van der Waals surface area (Å²) in [6.45, 7) is 1.62. The smallest absolute Gasteiger partial charge is 0.333 e. The molecule has 2 N–H and O–H groups in total. The second kappa shape index (κ2) is 16.7. The molecule has 0 amide bonds. The number of ether oxygens (including phenoxy) is 1. The lowest BCUT2D eigenvalue weighted by Gasteiger charge is -2.16. The maximum Gasteiger partial charge on any atom is 0.333 e. The zero-order valence-corrected chi connectivity index (χ0v) is 32.6. The van der Waals surface area contributed by atoms with Crippen molar-refractivity contribution in [2.75, 3.05) is 23.7 Å². The number of halogens is 6. The molecule has 4 aromatic heterocycles. The Morgan fingerprint density at radius 1 is 0.540 bits per heavy atom. The third-order valence-corrected chi connectivity index (χ3v) is 9.72. The van der Waals surface area contributed by atoms with Crippen LogP contribution in [0.3, 0.4) is 0 Å². The average molecular weight is 863 g/mol. The normalized spacial score (nSPS) is 11.2. The first kappa shape index (κ1) is 41.5. The van der Waals surface area contributed by atoms with Crippen molar-refractivity contribution in [3.8, 4) is 33.9 Å². The Hall–Kier alpha value is -8.22. The first-order valence-corrected chi connectivity index (χ1v) is 18.7. The van der Waals surface area contributed by atoms with Crippen LogP contribution >= 0.6 is 0 Å². The average Bonchev–Trinajstić information content (AvgIpc) is 3.23. The third kappa shape index (κ3) is 8.06. The summed E-state index contributed by atoms with van der Waals surface area (Å²) in [5.74, 6) is -8.54. The number of aryl methyl sites for hydroxylation is 2. The van der Waals surface area contributed by atoms with E-state index in [0.717, 1.165) is 60.7 Å². The summed E-state index contributed by atoms with van der Waals surface area (Å²) in [5, 5.41) is 5.43. The van der Waals surface area contributed by atoms with Crippen molar-refractivity contribution in [3.63, 3.8) is 0 Å². The lowest BCUT2D eigenvalue weighted by molar-refractivity contribution is -0.157. The Morgan fingerprint density at radius 2 is 0.921 bits per heavy atom. The van der Waals surface area contributed by atoms with Crippen LogP contribution < -0.4 is 21.8 Å². The van der Waals surface area contributed by atoms with Gasteiger partial charge in [0, 0.05) is 34.0 Å². The van der Waals surface area contributed by atoms with Gasteiger partial charge in [-0.05, 0) is 97.8 Å². The molecule has 0 radical (unpaired) electrons. The van der Waals surface area contributed by atoms with Crippen molar-refractivity contribution in [2.24, 2.45) is 0 Å². The standard InChI is InChI=1S/C44H28F6N8O5/c1-21-17-23(45)9-11-25(21)37-27-13-15-33(59)57(39-29(47)5-3-6-30(39)48)41(27)55-43(53-37)51-19-35(61)63-36(62)20-52-44-54-38(26-12-10-24(46)18-22(26)2)28-14-16-34(60)58(42(28)56-44)40-31(49)7-4-8-32(40)50/h3-18H,19-20H2,1-2H3,(H,51,53,55)(H,52,54,56). The van der Waals surface area contributed by atoms with Gasteiger partial charge < -0.3 is 15.4 Å². The minimum atomic E-state index is -1.18. The highest BCUT2D eigenvalue weighted by Gasteiger charge is 2.23. The molecule has 0 bridgehead atoms. The highest BCUT2D eigenvalue weighted by molar-refractivity contribution is 5.95. The van der Waals surface area contributed by atoms with E-state index in [0.29, 0.717) is 31.4 Å². The van der Waals surface area contributed by atoms with Crippen LogP contribution in [0.1, 0.15) is 11.1 Å². The molecule has 19 heteroatoms. The number of para-hydroxylation sites is 2. The van der Waals surface area contributed by atoms with Crippen LogP contribution in [0.2, 0.25) is 0 Å². The molecule has 63 heavy (non-hydrogen) atoms. The van der Waals surface area contributed by atoms with Crippen molar-refractivity contribution in [2.45, 2.75) is 13.8 Å². The lowest BCUT2D eigenvalue weighted by Crippen LogP contribution is -2.26. The summed E-state index contributed by atoms with van der Waals surface area (Å²) in [7, 11) is 0. The number of nitrogens with zero attached hydrogens (tertiary/aromatic N) is 6. The van der Waals surface area contributed by atoms with E-state index in [1.807, 2.05) is 0 Å². The van der Waals surface area contributed by atoms with Gasteiger partial charge >= 0.3 is 11.9 Å². The topological polar surface area (TPSA) is 163 Å². The zero-order valence-electron chi connectivity index (χ0n) is 32.6. The molecule has 0 aliphatic carbocycles. The number of hydrogen-bond donors (Lipinski definition) is 2. The highest BCUT2D eigenvalue weighted by Crippen LogP contribution is 2.33. The van der Waals surface area contributed by atoms with Crippen molar-refractivity contribution in [3.05, 3.63) is 164 Å². The molecule has 0 spiro atoms. The van der Waals surface area contributed by atoms with Gasteiger partial charge in [0.25, 0.3) is 11.1 Å². The molecule has 4 heterocycles. The van der Waals surface area contributed by atoms with Gasteiger partial charge in [0.2, 0.25) is 11.9 Å². The largest absolute Gasteiger partial charge is 0.390 e. The molecule has 8 rings (SSSR count). The fourth-order valence-corrected chi connectivity index (χ4v) is 6.92. The highest BCUT2D eigenvalue weighted by atomic mass is 19.2. The van der Waals surface area contributed by atoms with Gasteiger partial charge in [-0.15, -0.1) is 0 Å². The number of benzene rings is 4. The zero-order chi connectivity index (χ0) is 44.7. The van der Waals surface area contributed by atoms with E-state index in [9.17, 15) is 28.0 Å². The van der Waals surface area contributed by atoms with E-state index in [2.05, 4.69) is 30.6 Å². The monoisotopic (exact) mass is 862 g/mol. The maximum atomic E-state index is 15.1. The van der Waals surface area contributed by atoms with E-state index in [1.54, 1.807) is 13.8 Å². The number of esters is 2. The summed E-state index contributed by atoms with van der Waals surface area (Å²) in [6.07, 6.45) is 0. The Balaban J connectivity index is 1.09. The minimum absolute atomic E-state index is 0.0906. The number of pyridine rings is 2. The van der Waals surface area contributed by atoms with Gasteiger partial charge in [0.15, 0.2) is 11.3 Å². The summed E-state index contributed by atoms with van der Waals surface area (Å²) in [4.78, 5) is 69.9. The van der Waals surface area contributed by atoms with Crippen LogP contribution in [0.25, 0.3) is 56.0 Å². The molecule has 4 aromatic carbocycles. The van der Waals surface area contributed by atoms with Gasteiger partial charge in [-0.3, -0.25) is 18.7 Å². The first-order valence-electron chi connectivity index (χ1n) is 18.7. The number of anilines is 2. The van der Waals surface area contributed by atoms with Crippen molar-refractivity contribution < 1.29 is 40.7 Å². The van der Waals surface area contributed by atoms with E-state index >= 15 is 17.6 Å². The number of hydrogen-bond acceptors (Lipinski definition) is 11. The molecule has 0 saturated heterocycles. The molecular weight excluding hydrogens is 835 g/mol. The second-order valence-corrected chi connectivity index (χ2v) is 13.9. The van der Waals surface area contributed by atoms with Gasteiger partial charge in [-0.2, -0.15) is 9.97 Å². The summed E-state index contributed by atoms with van der Waals surface area (Å²) < 4.78 is 95.0. The molecule has 0 atom stereocenters. The fraction of sp³-hybridized carbons (Fsp3) is 0.0909. The molecule has 0 fully saturated rings. The molecule has 0 aliphatic rings. The Morgan fingerprint density at radius 3 is 1.29 bits per heavy atom. The molecule has 0 unspecified atom stereocenters. The molecule has 0 aliphatic heterocycles. The molecule has 316 valence electrons. The van der Waals surface area contributed by atoms with Crippen LogP contribution in [-0.4, -0.2) is 54.1 Å². The molecule has 0 saturated carbocycles. The molecule has 13 nitrogen and oxygen atoms in total. The van der Waals surface area contributed by atoms with Crippen molar-refractivity contribution >= 4 is 45.9 Å². The van der Waals surface area contributed by atoms with Crippen LogP contribution in [-0.2, 0) is 14.3 Å². The lowest BCUT2D eigenvalue weighted by atomic mass is 10.0. The van der Waals surface area contributed by atoms with Crippen LogP contribution in [0.5, 0.6) is 0 Å². The van der Waals surface area contributed by atoms with Crippen LogP contribution in [0, 0.1) is 48.8 Å². The first-order chi connectivity index (χ1) is 30.2.